The van der Waals surface area contributed by atoms with E-state index in [1.54, 1.807) is 6.07 Å². The average Bonchev–Trinajstić information content (AvgIpc) is 3.15. The molecule has 0 aliphatic heterocycles. The van der Waals surface area contributed by atoms with Gasteiger partial charge < -0.3 is 16.2 Å². The zero-order chi connectivity index (χ0) is 26.2. The largest absolute Gasteiger partial charge is 0.452 e. The van der Waals surface area contributed by atoms with Crippen molar-refractivity contribution in [3.63, 3.8) is 0 Å². The summed E-state index contributed by atoms with van der Waals surface area (Å²) in [4.78, 5) is 24.1. The predicted molar refractivity (Wildman–Crippen MR) is 119 cm³/mol. The molecule has 3 heterocycles. The number of carbonyl (C=O) groups excluding carboxylic acids is 1. The summed E-state index contributed by atoms with van der Waals surface area (Å²) in [5, 5.41) is 4.41. The highest BCUT2D eigenvalue weighted by molar-refractivity contribution is 5.96. The van der Waals surface area contributed by atoms with E-state index in [4.69, 9.17) is 11.5 Å². The number of alkyl halides is 3. The standard InChI is InChI=1S/C21H17F5N8O2/c1-36-20(35)33(9-21(24,25)26)15-16(27)30-18(31-17(15)28)14-12-6-11(22)7-29-19(12)34(32-14)8-10-4-2-3-5-13(10)23/h2-7H,8-9H2,1H3,(H4,27,28,30,31). The molecule has 0 radical (unpaired) electrons. The number of fused-ring (bicyclic) bond motifs is 1. The zero-order valence-corrected chi connectivity index (χ0v) is 18.4. The minimum atomic E-state index is -4.82. The maximum Gasteiger partial charge on any atom is 0.414 e. The Kier molecular flexibility index (Phi) is 6.30. The molecule has 188 valence electrons. The molecule has 15 heteroatoms. The van der Waals surface area contributed by atoms with Crippen LogP contribution in [0.15, 0.2) is 36.5 Å². The van der Waals surface area contributed by atoms with Gasteiger partial charge in [-0.25, -0.2) is 33.2 Å². The number of hydrogen-bond donors (Lipinski definition) is 2. The van der Waals surface area contributed by atoms with Gasteiger partial charge in [0.2, 0.25) is 0 Å². The van der Waals surface area contributed by atoms with Crippen molar-refractivity contribution in [1.29, 1.82) is 0 Å². The van der Waals surface area contributed by atoms with Gasteiger partial charge in [0.05, 0.1) is 25.2 Å². The Balaban J connectivity index is 1.84. The molecule has 0 saturated carbocycles. The lowest BCUT2D eigenvalue weighted by Crippen LogP contribution is -2.40. The van der Waals surface area contributed by atoms with Gasteiger partial charge in [0.25, 0.3) is 0 Å². The highest BCUT2D eigenvalue weighted by Crippen LogP contribution is 2.34. The summed E-state index contributed by atoms with van der Waals surface area (Å²) in [7, 11) is 0.878. The zero-order valence-electron chi connectivity index (χ0n) is 18.4. The van der Waals surface area contributed by atoms with E-state index in [9.17, 15) is 26.7 Å². The molecule has 0 spiro atoms. The van der Waals surface area contributed by atoms with Crippen molar-refractivity contribution in [2.24, 2.45) is 0 Å². The van der Waals surface area contributed by atoms with Crippen molar-refractivity contribution in [2.75, 3.05) is 30.0 Å². The third kappa shape index (κ3) is 4.80. The fourth-order valence-corrected chi connectivity index (χ4v) is 3.49. The maximum absolute atomic E-state index is 14.2. The first-order valence-corrected chi connectivity index (χ1v) is 10.1. The van der Waals surface area contributed by atoms with Crippen molar-refractivity contribution in [3.8, 4) is 11.5 Å². The number of nitrogens with zero attached hydrogens (tertiary/aromatic N) is 6. The quantitative estimate of drug-likeness (QED) is 0.391. The predicted octanol–water partition coefficient (Wildman–Crippen LogP) is 3.51. The second-order valence-electron chi connectivity index (χ2n) is 7.46. The second kappa shape index (κ2) is 9.24. The van der Waals surface area contributed by atoms with E-state index >= 15 is 0 Å². The van der Waals surface area contributed by atoms with Crippen LogP contribution in [-0.2, 0) is 11.3 Å². The van der Waals surface area contributed by atoms with Gasteiger partial charge in [0, 0.05) is 5.56 Å². The second-order valence-corrected chi connectivity index (χ2v) is 7.46. The SMILES string of the molecule is COC(=O)N(CC(F)(F)F)c1c(N)nc(-c2nn(Cc3ccccc3F)c3ncc(F)cc23)nc1N. The Morgan fingerprint density at radius 3 is 2.42 bits per heavy atom. The number of pyridine rings is 1. The summed E-state index contributed by atoms with van der Waals surface area (Å²) in [5.41, 5.74) is 11.5. The molecular weight excluding hydrogens is 491 g/mol. The van der Waals surface area contributed by atoms with Crippen LogP contribution in [0.3, 0.4) is 0 Å². The van der Waals surface area contributed by atoms with Crippen molar-refractivity contribution in [2.45, 2.75) is 12.7 Å². The number of anilines is 3. The van der Waals surface area contributed by atoms with Crippen molar-refractivity contribution in [3.05, 3.63) is 53.7 Å². The lowest BCUT2D eigenvalue weighted by atomic mass is 10.2. The first-order valence-electron chi connectivity index (χ1n) is 10.1. The van der Waals surface area contributed by atoms with Crippen molar-refractivity contribution < 1.29 is 31.5 Å². The Morgan fingerprint density at radius 2 is 1.81 bits per heavy atom. The number of halogens is 5. The number of hydrogen-bond acceptors (Lipinski definition) is 8. The van der Waals surface area contributed by atoms with Gasteiger partial charge in [0.1, 0.15) is 29.6 Å². The Labute approximate surface area is 199 Å². The number of rotatable bonds is 5. The van der Waals surface area contributed by atoms with Crippen molar-refractivity contribution in [1.82, 2.24) is 24.7 Å². The summed E-state index contributed by atoms with van der Waals surface area (Å²) in [5.74, 6) is -2.70. The lowest BCUT2D eigenvalue weighted by Gasteiger charge is -2.24. The molecule has 1 amide bonds. The average molecular weight is 508 g/mol. The normalized spacial score (nSPS) is 11.6. The number of nitrogens with two attached hydrogens (primary N) is 2. The number of ether oxygens (including phenoxy) is 1. The van der Waals surface area contributed by atoms with E-state index in [2.05, 4.69) is 24.8 Å². The Bertz CT molecular complexity index is 1430. The molecule has 36 heavy (non-hydrogen) atoms. The van der Waals surface area contributed by atoms with E-state index in [0.29, 0.717) is 0 Å². The Morgan fingerprint density at radius 1 is 1.14 bits per heavy atom. The molecule has 0 unspecified atom stereocenters. The molecular formula is C21H17F5N8O2. The molecule has 4 aromatic rings. The molecule has 0 saturated heterocycles. The third-order valence-electron chi connectivity index (χ3n) is 4.98. The van der Waals surface area contributed by atoms with Crippen LogP contribution in [0.1, 0.15) is 5.56 Å². The van der Waals surface area contributed by atoms with Gasteiger partial charge in [-0.2, -0.15) is 18.3 Å². The number of nitrogen functional groups attached to an aromatic ring is 2. The van der Waals surface area contributed by atoms with Crippen LogP contribution in [-0.4, -0.2) is 50.7 Å². The molecule has 0 aliphatic rings. The molecule has 3 aromatic heterocycles. The van der Waals surface area contributed by atoms with Crippen LogP contribution in [0.5, 0.6) is 0 Å². The van der Waals surface area contributed by atoms with E-state index < -0.39 is 47.8 Å². The first kappa shape index (κ1) is 24.6. The summed E-state index contributed by atoms with van der Waals surface area (Å²) in [6.07, 6.45) is -5.28. The van der Waals surface area contributed by atoms with Crippen LogP contribution >= 0.6 is 0 Å². The van der Waals surface area contributed by atoms with Crippen LogP contribution in [0.25, 0.3) is 22.6 Å². The van der Waals surface area contributed by atoms with Gasteiger partial charge in [-0.15, -0.1) is 0 Å². The summed E-state index contributed by atoms with van der Waals surface area (Å²) < 4.78 is 73.1. The van der Waals surface area contributed by atoms with Gasteiger partial charge in [0.15, 0.2) is 23.1 Å². The number of methoxy groups -OCH3 is 1. The maximum atomic E-state index is 14.2. The summed E-state index contributed by atoms with van der Waals surface area (Å²) in [6, 6.07) is 6.99. The molecule has 1 aromatic carbocycles. The van der Waals surface area contributed by atoms with Crippen LogP contribution in [0.2, 0.25) is 0 Å². The van der Waals surface area contributed by atoms with Gasteiger partial charge in [-0.3, -0.25) is 4.90 Å². The fourth-order valence-electron chi connectivity index (χ4n) is 3.49. The molecule has 0 atom stereocenters. The minimum absolute atomic E-state index is 0.0706. The molecule has 0 aliphatic carbocycles. The number of benzene rings is 1. The van der Waals surface area contributed by atoms with Gasteiger partial charge >= 0.3 is 12.3 Å². The molecule has 4 N–H and O–H groups in total. The summed E-state index contributed by atoms with van der Waals surface area (Å²) in [6.45, 7) is -1.86. The molecule has 4 rings (SSSR count). The summed E-state index contributed by atoms with van der Waals surface area (Å²) >= 11 is 0. The van der Waals surface area contributed by atoms with Crippen LogP contribution in [0, 0.1) is 11.6 Å². The van der Waals surface area contributed by atoms with E-state index in [0.717, 1.165) is 19.4 Å². The smallest absolute Gasteiger partial charge is 0.414 e. The lowest BCUT2D eigenvalue weighted by molar-refractivity contribution is -0.119. The monoisotopic (exact) mass is 508 g/mol. The number of carbonyl (C=O) groups is 1. The first-order chi connectivity index (χ1) is 17.0. The minimum Gasteiger partial charge on any atom is -0.452 e. The van der Waals surface area contributed by atoms with E-state index in [1.165, 1.54) is 22.9 Å². The van der Waals surface area contributed by atoms with E-state index in [1.807, 2.05) is 0 Å². The number of amides is 1. The fraction of sp³-hybridized carbons (Fsp3) is 0.190. The molecule has 0 fully saturated rings. The molecule has 0 bridgehead atoms. The van der Waals surface area contributed by atoms with E-state index in [-0.39, 0.29) is 39.6 Å². The van der Waals surface area contributed by atoms with Crippen molar-refractivity contribution >= 4 is 34.4 Å². The third-order valence-corrected chi connectivity index (χ3v) is 4.98. The van der Waals surface area contributed by atoms with Gasteiger partial charge in [-0.05, 0) is 12.1 Å². The highest BCUT2D eigenvalue weighted by atomic mass is 19.4. The van der Waals surface area contributed by atoms with Crippen LogP contribution < -0.4 is 16.4 Å². The van der Waals surface area contributed by atoms with Gasteiger partial charge in [-0.1, -0.05) is 18.2 Å². The Hall–Kier alpha value is -4.56. The number of aromatic nitrogens is 5. The highest BCUT2D eigenvalue weighted by Gasteiger charge is 2.37. The van der Waals surface area contributed by atoms with Crippen LogP contribution in [0.4, 0.5) is 44.1 Å². The molecule has 10 nitrogen and oxygen atoms in total. The topological polar surface area (TPSA) is 138 Å².